The first-order valence-electron chi connectivity index (χ1n) is 5.78. The lowest BCUT2D eigenvalue weighted by Gasteiger charge is -2.16. The van der Waals surface area contributed by atoms with E-state index in [4.69, 9.17) is 15.7 Å². The van der Waals surface area contributed by atoms with Gasteiger partial charge in [-0.05, 0) is 62.4 Å². The molecule has 1 saturated carbocycles. The highest BCUT2D eigenvalue weighted by atomic mass is 79.9. The zero-order chi connectivity index (χ0) is 13.2. The van der Waals surface area contributed by atoms with Crippen LogP contribution in [0.2, 0.25) is 0 Å². The van der Waals surface area contributed by atoms with E-state index in [0.29, 0.717) is 19.6 Å². The molecule has 0 saturated heterocycles. The van der Waals surface area contributed by atoms with Crippen LogP contribution >= 0.6 is 31.9 Å². The fourth-order valence-electron chi connectivity index (χ4n) is 1.81. The second-order valence-electron chi connectivity index (χ2n) is 4.72. The van der Waals surface area contributed by atoms with E-state index in [9.17, 15) is 0 Å². The molecule has 2 rings (SSSR count). The lowest BCUT2D eigenvalue weighted by Crippen LogP contribution is -2.13. The van der Waals surface area contributed by atoms with E-state index >= 15 is 0 Å². The number of benzene rings is 1. The first-order valence-corrected chi connectivity index (χ1v) is 7.36. The molecule has 1 aromatic rings. The number of rotatable bonds is 5. The molecule has 1 fully saturated rings. The van der Waals surface area contributed by atoms with Crippen LogP contribution in [0, 0.1) is 16.7 Å². The van der Waals surface area contributed by atoms with Crippen molar-refractivity contribution in [3.8, 4) is 11.8 Å². The minimum absolute atomic E-state index is 0.0835. The van der Waals surface area contributed by atoms with Gasteiger partial charge in [0.05, 0.1) is 21.6 Å². The molecular weight excluding hydrogens is 360 g/mol. The molecule has 0 unspecified atom stereocenters. The Morgan fingerprint density at radius 3 is 2.39 bits per heavy atom. The molecule has 1 aliphatic rings. The lowest BCUT2D eigenvalue weighted by atomic mass is 10.1. The maximum absolute atomic E-state index is 8.78. The Hall–Kier alpha value is -0.570. The number of nitriles is 1. The Bertz CT molecular complexity index is 469. The number of hydrogen-bond donors (Lipinski definition) is 1. The molecule has 1 aliphatic carbocycles. The highest BCUT2D eigenvalue weighted by molar-refractivity contribution is 9.11. The van der Waals surface area contributed by atoms with E-state index in [1.54, 1.807) is 0 Å². The number of ether oxygens (including phenoxy) is 1. The van der Waals surface area contributed by atoms with Crippen molar-refractivity contribution >= 4 is 31.9 Å². The van der Waals surface area contributed by atoms with Gasteiger partial charge in [0.2, 0.25) is 0 Å². The average molecular weight is 374 g/mol. The van der Waals surface area contributed by atoms with Crippen molar-refractivity contribution in [1.82, 2.24) is 0 Å². The van der Waals surface area contributed by atoms with Crippen LogP contribution in [-0.2, 0) is 6.54 Å². The van der Waals surface area contributed by atoms with Crippen LogP contribution in [-0.4, -0.2) is 6.61 Å². The van der Waals surface area contributed by atoms with E-state index in [2.05, 4.69) is 37.9 Å². The molecule has 0 bridgehead atoms. The third kappa shape index (κ3) is 3.05. The molecule has 1 aromatic carbocycles. The van der Waals surface area contributed by atoms with E-state index in [1.807, 2.05) is 12.1 Å². The third-order valence-corrected chi connectivity index (χ3v) is 4.41. The topological polar surface area (TPSA) is 59.0 Å². The summed E-state index contributed by atoms with van der Waals surface area (Å²) in [5.74, 6) is 0.788. The lowest BCUT2D eigenvalue weighted by molar-refractivity contribution is 0.234. The number of nitrogens with two attached hydrogens (primary N) is 1. The summed E-state index contributed by atoms with van der Waals surface area (Å²) in [6.45, 7) is 1.09. The standard InChI is InChI=1S/C13H14Br2N2O/c14-10-5-9(7-17)6-11(15)12(10)18-8-13(1-2-13)3-4-16/h5-6H,1-3,7-8,17H2. The monoisotopic (exact) mass is 372 g/mol. The predicted molar refractivity (Wildman–Crippen MR) is 77.1 cm³/mol. The Morgan fingerprint density at radius 2 is 1.94 bits per heavy atom. The van der Waals surface area contributed by atoms with E-state index < -0.39 is 0 Å². The molecule has 0 radical (unpaired) electrons. The molecule has 0 heterocycles. The van der Waals surface area contributed by atoms with Crippen LogP contribution < -0.4 is 10.5 Å². The summed E-state index contributed by atoms with van der Waals surface area (Å²) < 4.78 is 7.65. The first-order chi connectivity index (χ1) is 8.60. The Morgan fingerprint density at radius 1 is 1.33 bits per heavy atom. The molecule has 0 spiro atoms. The summed E-state index contributed by atoms with van der Waals surface area (Å²) in [6.07, 6.45) is 2.73. The molecule has 96 valence electrons. The van der Waals surface area contributed by atoms with Gasteiger partial charge in [-0.15, -0.1) is 0 Å². The summed E-state index contributed by atoms with van der Waals surface area (Å²) in [7, 11) is 0. The van der Waals surface area contributed by atoms with Gasteiger partial charge in [0.15, 0.2) is 0 Å². The molecule has 0 amide bonds. The van der Waals surface area contributed by atoms with Gasteiger partial charge in [-0.2, -0.15) is 5.26 Å². The predicted octanol–water partition coefficient (Wildman–Crippen LogP) is 3.74. The van der Waals surface area contributed by atoms with Crippen LogP contribution in [0.15, 0.2) is 21.1 Å². The minimum atomic E-state index is 0.0835. The van der Waals surface area contributed by atoms with Crippen LogP contribution in [0.3, 0.4) is 0 Å². The fraction of sp³-hybridized carbons (Fsp3) is 0.462. The van der Waals surface area contributed by atoms with Crippen molar-refractivity contribution < 1.29 is 4.74 Å². The van der Waals surface area contributed by atoms with E-state index in [0.717, 1.165) is 33.1 Å². The third-order valence-electron chi connectivity index (χ3n) is 3.23. The Labute approximate surface area is 124 Å². The maximum Gasteiger partial charge on any atom is 0.147 e. The quantitative estimate of drug-likeness (QED) is 0.855. The summed E-state index contributed by atoms with van der Waals surface area (Å²) in [6, 6.07) is 6.16. The van der Waals surface area contributed by atoms with Gasteiger partial charge in [0.1, 0.15) is 5.75 Å². The molecule has 5 heteroatoms. The summed E-state index contributed by atoms with van der Waals surface area (Å²) >= 11 is 6.98. The second-order valence-corrected chi connectivity index (χ2v) is 6.42. The van der Waals surface area contributed by atoms with Crippen molar-refractivity contribution in [2.45, 2.75) is 25.8 Å². The van der Waals surface area contributed by atoms with Gasteiger partial charge in [-0.3, -0.25) is 0 Å². The molecule has 18 heavy (non-hydrogen) atoms. The molecule has 2 N–H and O–H groups in total. The first kappa shape index (κ1) is 13.9. The van der Waals surface area contributed by atoms with Crippen molar-refractivity contribution in [1.29, 1.82) is 5.26 Å². The van der Waals surface area contributed by atoms with Gasteiger partial charge < -0.3 is 10.5 Å². The van der Waals surface area contributed by atoms with Gasteiger partial charge in [0, 0.05) is 18.4 Å². The zero-order valence-corrected chi connectivity index (χ0v) is 13.1. The van der Waals surface area contributed by atoms with E-state index in [-0.39, 0.29) is 5.41 Å². The van der Waals surface area contributed by atoms with Crippen molar-refractivity contribution in [2.75, 3.05) is 6.61 Å². The minimum Gasteiger partial charge on any atom is -0.491 e. The number of hydrogen-bond acceptors (Lipinski definition) is 3. The Balaban J connectivity index is 2.08. The smallest absolute Gasteiger partial charge is 0.147 e. The van der Waals surface area contributed by atoms with Gasteiger partial charge >= 0.3 is 0 Å². The van der Waals surface area contributed by atoms with Crippen LogP contribution in [0.1, 0.15) is 24.8 Å². The Kier molecular flexibility index (Phi) is 4.31. The zero-order valence-electron chi connectivity index (χ0n) is 9.88. The number of halogens is 2. The van der Waals surface area contributed by atoms with E-state index in [1.165, 1.54) is 0 Å². The van der Waals surface area contributed by atoms with Crippen LogP contribution in [0.5, 0.6) is 5.75 Å². The maximum atomic E-state index is 8.78. The highest BCUT2D eigenvalue weighted by Gasteiger charge is 2.43. The van der Waals surface area contributed by atoms with Gasteiger partial charge in [0.25, 0.3) is 0 Å². The molecule has 0 aromatic heterocycles. The summed E-state index contributed by atoms with van der Waals surface area (Å²) in [5, 5.41) is 8.78. The van der Waals surface area contributed by atoms with Gasteiger partial charge in [-0.1, -0.05) is 0 Å². The van der Waals surface area contributed by atoms with Gasteiger partial charge in [-0.25, -0.2) is 0 Å². The van der Waals surface area contributed by atoms with Crippen molar-refractivity contribution in [3.05, 3.63) is 26.6 Å². The summed E-state index contributed by atoms with van der Waals surface area (Å²) in [5.41, 5.74) is 6.74. The fourth-order valence-corrected chi connectivity index (χ4v) is 3.32. The molecule has 0 aliphatic heterocycles. The average Bonchev–Trinajstić information content (AvgIpc) is 3.08. The van der Waals surface area contributed by atoms with Crippen molar-refractivity contribution in [3.63, 3.8) is 0 Å². The second kappa shape index (κ2) is 5.60. The highest BCUT2D eigenvalue weighted by Crippen LogP contribution is 2.49. The van der Waals surface area contributed by atoms with Crippen LogP contribution in [0.4, 0.5) is 0 Å². The van der Waals surface area contributed by atoms with Crippen LogP contribution in [0.25, 0.3) is 0 Å². The molecule has 0 atom stereocenters. The molecular formula is C13H14Br2N2O. The SMILES string of the molecule is N#CCC1(COc2c(Br)cc(CN)cc2Br)CC1. The van der Waals surface area contributed by atoms with Crippen molar-refractivity contribution in [2.24, 2.45) is 11.1 Å². The number of nitrogens with zero attached hydrogens (tertiary/aromatic N) is 1. The largest absolute Gasteiger partial charge is 0.491 e. The normalized spacial score (nSPS) is 16.1. The molecule has 3 nitrogen and oxygen atoms in total. The summed E-state index contributed by atoms with van der Waals surface area (Å²) in [4.78, 5) is 0.